The van der Waals surface area contributed by atoms with Crippen molar-refractivity contribution in [2.24, 2.45) is 0 Å². The largest absolute Gasteiger partial charge is 0.361 e. The topological polar surface area (TPSA) is 42.0 Å². The standard InChI is InChI=1S/C15H14N2O/c1-12-2-4-13(5-3-12)15(18)8-11-17-14-6-9-16-10-7-14/h2-11H,1H3,(H,16,17)/b11-8+. The van der Waals surface area contributed by atoms with Gasteiger partial charge in [0.25, 0.3) is 0 Å². The van der Waals surface area contributed by atoms with Gasteiger partial charge in [-0.25, -0.2) is 0 Å². The molecule has 3 heteroatoms. The summed E-state index contributed by atoms with van der Waals surface area (Å²) in [7, 11) is 0. The smallest absolute Gasteiger partial charge is 0.187 e. The van der Waals surface area contributed by atoms with E-state index < -0.39 is 0 Å². The van der Waals surface area contributed by atoms with E-state index in [0.717, 1.165) is 11.3 Å². The summed E-state index contributed by atoms with van der Waals surface area (Å²) in [6, 6.07) is 11.2. The van der Waals surface area contributed by atoms with Crippen molar-refractivity contribution < 1.29 is 4.79 Å². The molecular formula is C15H14N2O. The van der Waals surface area contributed by atoms with Crippen LogP contribution in [-0.2, 0) is 0 Å². The Morgan fingerprint density at radius 1 is 1.11 bits per heavy atom. The van der Waals surface area contributed by atoms with Gasteiger partial charge in [0.05, 0.1) is 0 Å². The van der Waals surface area contributed by atoms with Crippen molar-refractivity contribution in [3.63, 3.8) is 0 Å². The van der Waals surface area contributed by atoms with Crippen LogP contribution in [0.3, 0.4) is 0 Å². The van der Waals surface area contributed by atoms with Gasteiger partial charge in [0.1, 0.15) is 0 Å². The number of benzene rings is 1. The molecule has 0 saturated heterocycles. The van der Waals surface area contributed by atoms with E-state index in [4.69, 9.17) is 0 Å². The van der Waals surface area contributed by atoms with Crippen LogP contribution in [0.2, 0.25) is 0 Å². The number of nitrogens with zero attached hydrogens (tertiary/aromatic N) is 1. The zero-order chi connectivity index (χ0) is 12.8. The second-order valence-corrected chi connectivity index (χ2v) is 3.94. The summed E-state index contributed by atoms with van der Waals surface area (Å²) in [4.78, 5) is 15.7. The molecule has 2 rings (SSSR count). The van der Waals surface area contributed by atoms with E-state index in [2.05, 4.69) is 10.3 Å². The predicted molar refractivity (Wildman–Crippen MR) is 72.5 cm³/mol. The number of carbonyl (C=O) groups excluding carboxylic acids is 1. The molecule has 0 aliphatic heterocycles. The van der Waals surface area contributed by atoms with Gasteiger partial charge in [-0.15, -0.1) is 0 Å². The Morgan fingerprint density at radius 2 is 1.78 bits per heavy atom. The predicted octanol–water partition coefficient (Wildman–Crippen LogP) is 3.20. The average Bonchev–Trinajstić information content (AvgIpc) is 2.40. The summed E-state index contributed by atoms with van der Waals surface area (Å²) in [6.45, 7) is 2.00. The van der Waals surface area contributed by atoms with E-state index in [9.17, 15) is 4.79 Å². The van der Waals surface area contributed by atoms with Crippen LogP contribution in [0.4, 0.5) is 5.69 Å². The molecule has 3 nitrogen and oxygen atoms in total. The molecule has 1 N–H and O–H groups in total. The first kappa shape index (κ1) is 12.0. The molecule has 0 radical (unpaired) electrons. The molecular weight excluding hydrogens is 224 g/mol. The van der Waals surface area contributed by atoms with Gasteiger partial charge in [-0.1, -0.05) is 29.8 Å². The second kappa shape index (κ2) is 5.77. The minimum Gasteiger partial charge on any atom is -0.361 e. The van der Waals surface area contributed by atoms with Gasteiger partial charge in [-0.3, -0.25) is 9.78 Å². The van der Waals surface area contributed by atoms with E-state index in [0.29, 0.717) is 5.56 Å². The van der Waals surface area contributed by atoms with Gasteiger partial charge < -0.3 is 5.32 Å². The number of allylic oxidation sites excluding steroid dienone is 1. The van der Waals surface area contributed by atoms with Crippen LogP contribution < -0.4 is 5.32 Å². The lowest BCUT2D eigenvalue weighted by molar-refractivity contribution is 0.104. The van der Waals surface area contributed by atoms with Gasteiger partial charge >= 0.3 is 0 Å². The number of nitrogens with one attached hydrogen (secondary N) is 1. The van der Waals surface area contributed by atoms with Crippen molar-refractivity contribution in [2.75, 3.05) is 5.32 Å². The van der Waals surface area contributed by atoms with Gasteiger partial charge in [0, 0.05) is 35.9 Å². The maximum absolute atomic E-state index is 11.8. The van der Waals surface area contributed by atoms with Crippen LogP contribution in [0.1, 0.15) is 15.9 Å². The molecule has 0 amide bonds. The van der Waals surface area contributed by atoms with Crippen LogP contribution in [-0.4, -0.2) is 10.8 Å². The Morgan fingerprint density at radius 3 is 2.44 bits per heavy atom. The molecule has 2 aromatic rings. The van der Waals surface area contributed by atoms with Gasteiger partial charge in [-0.2, -0.15) is 0 Å². The zero-order valence-corrected chi connectivity index (χ0v) is 10.1. The molecule has 1 heterocycles. The molecule has 0 unspecified atom stereocenters. The fraction of sp³-hybridized carbons (Fsp3) is 0.0667. The molecule has 18 heavy (non-hydrogen) atoms. The van der Waals surface area contributed by atoms with E-state index in [1.807, 2.05) is 43.3 Å². The van der Waals surface area contributed by atoms with Gasteiger partial charge in [-0.05, 0) is 19.1 Å². The Balaban J connectivity index is 1.97. The molecule has 0 atom stereocenters. The third-order valence-corrected chi connectivity index (χ3v) is 2.50. The number of rotatable bonds is 4. The van der Waals surface area contributed by atoms with E-state index in [1.54, 1.807) is 18.6 Å². The number of pyridine rings is 1. The summed E-state index contributed by atoms with van der Waals surface area (Å²) < 4.78 is 0. The number of ketones is 1. The monoisotopic (exact) mass is 238 g/mol. The lowest BCUT2D eigenvalue weighted by Gasteiger charge is -1.99. The number of carbonyl (C=O) groups is 1. The fourth-order valence-electron chi connectivity index (χ4n) is 1.48. The van der Waals surface area contributed by atoms with E-state index in [1.165, 1.54) is 6.08 Å². The highest BCUT2D eigenvalue weighted by Gasteiger charge is 1.99. The fourth-order valence-corrected chi connectivity index (χ4v) is 1.48. The molecule has 1 aromatic carbocycles. The molecule has 0 aliphatic carbocycles. The Hall–Kier alpha value is -2.42. The number of anilines is 1. The third kappa shape index (κ3) is 3.28. The quantitative estimate of drug-likeness (QED) is 0.657. The van der Waals surface area contributed by atoms with Crippen LogP contribution in [0.15, 0.2) is 61.1 Å². The lowest BCUT2D eigenvalue weighted by Crippen LogP contribution is -1.96. The molecule has 0 aliphatic rings. The highest BCUT2D eigenvalue weighted by molar-refractivity contribution is 6.04. The first-order chi connectivity index (χ1) is 8.75. The highest BCUT2D eigenvalue weighted by Crippen LogP contribution is 2.06. The molecule has 0 bridgehead atoms. The Kier molecular flexibility index (Phi) is 3.86. The van der Waals surface area contributed by atoms with E-state index in [-0.39, 0.29) is 5.78 Å². The molecule has 0 saturated carbocycles. The summed E-state index contributed by atoms with van der Waals surface area (Å²) in [5.41, 5.74) is 2.73. The Bertz CT molecular complexity index is 544. The minimum atomic E-state index is -0.0171. The van der Waals surface area contributed by atoms with Crippen LogP contribution >= 0.6 is 0 Å². The van der Waals surface area contributed by atoms with Crippen molar-refractivity contribution in [1.29, 1.82) is 0 Å². The number of hydrogen-bond donors (Lipinski definition) is 1. The number of aromatic nitrogens is 1. The lowest BCUT2D eigenvalue weighted by atomic mass is 10.1. The Labute approximate surface area is 106 Å². The van der Waals surface area contributed by atoms with Gasteiger partial charge in [0.2, 0.25) is 0 Å². The molecule has 90 valence electrons. The van der Waals surface area contributed by atoms with E-state index >= 15 is 0 Å². The normalized spacial score (nSPS) is 10.5. The zero-order valence-electron chi connectivity index (χ0n) is 10.1. The number of hydrogen-bond acceptors (Lipinski definition) is 3. The van der Waals surface area contributed by atoms with Crippen LogP contribution in [0.25, 0.3) is 0 Å². The van der Waals surface area contributed by atoms with Crippen molar-refractivity contribution in [3.05, 3.63) is 72.2 Å². The first-order valence-corrected chi connectivity index (χ1v) is 5.70. The SMILES string of the molecule is Cc1ccc(C(=O)/C=C/Nc2ccncc2)cc1. The molecule has 0 fully saturated rings. The highest BCUT2D eigenvalue weighted by atomic mass is 16.1. The summed E-state index contributed by atoms with van der Waals surface area (Å²) in [5, 5.41) is 3.02. The van der Waals surface area contributed by atoms with Crippen molar-refractivity contribution in [1.82, 2.24) is 4.98 Å². The molecule has 0 spiro atoms. The van der Waals surface area contributed by atoms with Crippen molar-refractivity contribution in [2.45, 2.75) is 6.92 Å². The summed E-state index contributed by atoms with van der Waals surface area (Å²) in [6.07, 6.45) is 6.54. The average molecular weight is 238 g/mol. The minimum absolute atomic E-state index is 0.0171. The maximum atomic E-state index is 11.8. The molecule has 1 aromatic heterocycles. The van der Waals surface area contributed by atoms with Crippen LogP contribution in [0.5, 0.6) is 0 Å². The van der Waals surface area contributed by atoms with Crippen molar-refractivity contribution >= 4 is 11.5 Å². The third-order valence-electron chi connectivity index (χ3n) is 2.50. The van der Waals surface area contributed by atoms with Gasteiger partial charge in [0.15, 0.2) is 5.78 Å². The van der Waals surface area contributed by atoms with Crippen LogP contribution in [0, 0.1) is 6.92 Å². The maximum Gasteiger partial charge on any atom is 0.187 e. The first-order valence-electron chi connectivity index (χ1n) is 5.70. The summed E-state index contributed by atoms with van der Waals surface area (Å²) >= 11 is 0. The van der Waals surface area contributed by atoms with Crippen molar-refractivity contribution in [3.8, 4) is 0 Å². The number of aryl methyl sites for hydroxylation is 1. The second-order valence-electron chi connectivity index (χ2n) is 3.94. The summed E-state index contributed by atoms with van der Waals surface area (Å²) in [5.74, 6) is -0.0171.